The average Bonchev–Trinajstić information content (AvgIpc) is 2.29. The number of amides is 1. The summed E-state index contributed by atoms with van der Waals surface area (Å²) in [6.45, 7) is 2.83. The van der Waals surface area contributed by atoms with Gasteiger partial charge in [-0.05, 0) is 25.8 Å². The van der Waals surface area contributed by atoms with Gasteiger partial charge in [0.2, 0.25) is 5.91 Å². The smallest absolute Gasteiger partial charge is 0.227 e. The van der Waals surface area contributed by atoms with E-state index in [1.807, 2.05) is 19.1 Å². The minimum Gasteiger partial charge on any atom is -0.496 e. The molecule has 86 valence electrons. The van der Waals surface area contributed by atoms with Crippen molar-refractivity contribution in [3.63, 3.8) is 0 Å². The van der Waals surface area contributed by atoms with E-state index in [1.54, 1.807) is 7.11 Å². The SMILES string of the molecule is COc1ccc(C)cc1C1CCCNC1=O. The monoisotopic (exact) mass is 219 g/mol. The van der Waals surface area contributed by atoms with Crippen molar-refractivity contribution in [2.45, 2.75) is 25.7 Å². The zero-order chi connectivity index (χ0) is 11.5. The van der Waals surface area contributed by atoms with Gasteiger partial charge in [0.1, 0.15) is 5.75 Å². The lowest BCUT2D eigenvalue weighted by Gasteiger charge is -2.24. The van der Waals surface area contributed by atoms with Gasteiger partial charge in [-0.1, -0.05) is 17.7 Å². The first-order chi connectivity index (χ1) is 7.72. The summed E-state index contributed by atoms with van der Waals surface area (Å²) in [5, 5.41) is 2.91. The highest BCUT2D eigenvalue weighted by Crippen LogP contribution is 2.32. The van der Waals surface area contributed by atoms with E-state index in [1.165, 1.54) is 0 Å². The van der Waals surface area contributed by atoms with Crippen LogP contribution >= 0.6 is 0 Å². The van der Waals surface area contributed by atoms with Crippen LogP contribution in [-0.4, -0.2) is 19.6 Å². The van der Waals surface area contributed by atoms with Crippen molar-refractivity contribution in [3.8, 4) is 5.75 Å². The second-order valence-electron chi connectivity index (χ2n) is 4.23. The van der Waals surface area contributed by atoms with Crippen molar-refractivity contribution < 1.29 is 9.53 Å². The molecule has 1 aromatic carbocycles. The summed E-state index contributed by atoms with van der Waals surface area (Å²) in [7, 11) is 1.65. The molecule has 1 fully saturated rings. The molecule has 1 aliphatic rings. The summed E-state index contributed by atoms with van der Waals surface area (Å²) >= 11 is 0. The molecule has 1 aliphatic heterocycles. The largest absolute Gasteiger partial charge is 0.496 e. The van der Waals surface area contributed by atoms with Gasteiger partial charge in [0.25, 0.3) is 0 Å². The first-order valence-corrected chi connectivity index (χ1v) is 5.64. The number of benzene rings is 1. The van der Waals surface area contributed by atoms with E-state index in [9.17, 15) is 4.79 Å². The Morgan fingerprint density at radius 3 is 2.94 bits per heavy atom. The number of nitrogens with one attached hydrogen (secondary N) is 1. The lowest BCUT2D eigenvalue weighted by atomic mass is 9.89. The maximum atomic E-state index is 11.8. The van der Waals surface area contributed by atoms with Crippen LogP contribution in [0.5, 0.6) is 5.75 Å². The molecule has 1 aromatic rings. The summed E-state index contributed by atoms with van der Waals surface area (Å²) in [4.78, 5) is 11.8. The maximum Gasteiger partial charge on any atom is 0.227 e. The van der Waals surface area contributed by atoms with Crippen LogP contribution < -0.4 is 10.1 Å². The third-order valence-electron chi connectivity index (χ3n) is 3.05. The van der Waals surface area contributed by atoms with Crippen LogP contribution in [0.15, 0.2) is 18.2 Å². The van der Waals surface area contributed by atoms with Gasteiger partial charge in [-0.3, -0.25) is 4.79 Å². The number of aryl methyl sites for hydroxylation is 1. The molecule has 0 saturated carbocycles. The predicted octanol–water partition coefficient (Wildman–Crippen LogP) is 2.00. The van der Waals surface area contributed by atoms with Crippen LogP contribution in [-0.2, 0) is 4.79 Å². The van der Waals surface area contributed by atoms with E-state index in [0.717, 1.165) is 36.3 Å². The van der Waals surface area contributed by atoms with Crippen LogP contribution in [0.1, 0.15) is 29.9 Å². The number of hydrogen-bond donors (Lipinski definition) is 1. The first kappa shape index (κ1) is 11.0. The maximum absolute atomic E-state index is 11.8. The van der Waals surface area contributed by atoms with Gasteiger partial charge < -0.3 is 10.1 Å². The highest BCUT2D eigenvalue weighted by molar-refractivity contribution is 5.85. The van der Waals surface area contributed by atoms with Crippen molar-refractivity contribution in [2.24, 2.45) is 0 Å². The van der Waals surface area contributed by atoms with E-state index >= 15 is 0 Å². The van der Waals surface area contributed by atoms with Gasteiger partial charge in [-0.15, -0.1) is 0 Å². The Morgan fingerprint density at radius 1 is 1.44 bits per heavy atom. The van der Waals surface area contributed by atoms with Gasteiger partial charge in [0.05, 0.1) is 13.0 Å². The van der Waals surface area contributed by atoms with Crippen LogP contribution in [0.2, 0.25) is 0 Å². The quantitative estimate of drug-likeness (QED) is 0.826. The molecule has 0 aliphatic carbocycles. The molecule has 1 unspecified atom stereocenters. The summed E-state index contributed by atoms with van der Waals surface area (Å²) in [5.74, 6) is 0.881. The summed E-state index contributed by atoms with van der Waals surface area (Å²) in [6.07, 6.45) is 1.94. The molecule has 1 atom stereocenters. The Hall–Kier alpha value is -1.51. The third kappa shape index (κ3) is 2.03. The van der Waals surface area contributed by atoms with E-state index in [2.05, 4.69) is 11.4 Å². The van der Waals surface area contributed by atoms with Crippen LogP contribution in [0.25, 0.3) is 0 Å². The normalized spacial score (nSPS) is 20.4. The lowest BCUT2D eigenvalue weighted by molar-refractivity contribution is -0.123. The van der Waals surface area contributed by atoms with E-state index in [4.69, 9.17) is 4.74 Å². The minimum atomic E-state index is -0.0522. The van der Waals surface area contributed by atoms with Gasteiger partial charge in [0, 0.05) is 12.1 Å². The predicted molar refractivity (Wildman–Crippen MR) is 62.7 cm³/mol. The molecule has 1 heterocycles. The number of hydrogen-bond acceptors (Lipinski definition) is 2. The zero-order valence-corrected chi connectivity index (χ0v) is 9.75. The molecule has 0 radical (unpaired) electrons. The summed E-state index contributed by atoms with van der Waals surface area (Å²) in [6, 6.07) is 5.99. The molecule has 0 aromatic heterocycles. The fourth-order valence-corrected chi connectivity index (χ4v) is 2.19. The Kier molecular flexibility index (Phi) is 3.13. The topological polar surface area (TPSA) is 38.3 Å². The zero-order valence-electron chi connectivity index (χ0n) is 9.75. The summed E-state index contributed by atoms with van der Waals surface area (Å²) < 4.78 is 5.32. The van der Waals surface area contributed by atoms with Crippen molar-refractivity contribution in [1.29, 1.82) is 0 Å². The number of piperidine rings is 1. The fraction of sp³-hybridized carbons (Fsp3) is 0.462. The van der Waals surface area contributed by atoms with Gasteiger partial charge in [-0.2, -0.15) is 0 Å². The van der Waals surface area contributed by atoms with Crippen molar-refractivity contribution >= 4 is 5.91 Å². The molecule has 1 N–H and O–H groups in total. The number of rotatable bonds is 2. The van der Waals surface area contributed by atoms with Gasteiger partial charge in [0.15, 0.2) is 0 Å². The van der Waals surface area contributed by atoms with Crippen molar-refractivity contribution in [3.05, 3.63) is 29.3 Å². The lowest BCUT2D eigenvalue weighted by Crippen LogP contribution is -2.35. The Labute approximate surface area is 95.8 Å². The van der Waals surface area contributed by atoms with E-state index < -0.39 is 0 Å². The second kappa shape index (κ2) is 4.56. The highest BCUT2D eigenvalue weighted by atomic mass is 16.5. The van der Waals surface area contributed by atoms with Crippen LogP contribution in [0.3, 0.4) is 0 Å². The standard InChI is InChI=1S/C13H17NO2/c1-9-5-6-12(16-2)11(8-9)10-4-3-7-14-13(10)15/h5-6,8,10H,3-4,7H2,1-2H3,(H,14,15). The Morgan fingerprint density at radius 2 is 2.25 bits per heavy atom. The second-order valence-corrected chi connectivity index (χ2v) is 4.23. The first-order valence-electron chi connectivity index (χ1n) is 5.64. The number of carbonyl (C=O) groups is 1. The number of methoxy groups -OCH3 is 1. The molecule has 1 saturated heterocycles. The number of ether oxygens (including phenoxy) is 1. The molecular weight excluding hydrogens is 202 g/mol. The highest BCUT2D eigenvalue weighted by Gasteiger charge is 2.26. The molecule has 0 bridgehead atoms. The van der Waals surface area contributed by atoms with Gasteiger partial charge >= 0.3 is 0 Å². The molecule has 2 rings (SSSR count). The molecule has 0 spiro atoms. The fourth-order valence-electron chi connectivity index (χ4n) is 2.19. The number of carbonyl (C=O) groups excluding carboxylic acids is 1. The minimum absolute atomic E-state index is 0.0522. The Balaban J connectivity index is 2.36. The molecule has 3 nitrogen and oxygen atoms in total. The molecule has 16 heavy (non-hydrogen) atoms. The van der Waals surface area contributed by atoms with Crippen molar-refractivity contribution in [2.75, 3.05) is 13.7 Å². The summed E-state index contributed by atoms with van der Waals surface area (Å²) in [5.41, 5.74) is 2.17. The molecule has 3 heteroatoms. The van der Waals surface area contributed by atoms with Crippen LogP contribution in [0, 0.1) is 6.92 Å². The van der Waals surface area contributed by atoms with E-state index in [-0.39, 0.29) is 11.8 Å². The van der Waals surface area contributed by atoms with Gasteiger partial charge in [-0.25, -0.2) is 0 Å². The van der Waals surface area contributed by atoms with Crippen LogP contribution in [0.4, 0.5) is 0 Å². The average molecular weight is 219 g/mol. The van der Waals surface area contributed by atoms with Crippen molar-refractivity contribution in [1.82, 2.24) is 5.32 Å². The third-order valence-corrected chi connectivity index (χ3v) is 3.05. The van der Waals surface area contributed by atoms with E-state index in [0.29, 0.717) is 0 Å². The molecular formula is C13H17NO2. The Bertz CT molecular complexity index is 401. The molecule has 1 amide bonds.